The molecule has 1 heteroatoms. The molecular formula is C14H13O. The number of benzene rings is 2. The molecule has 0 aromatic heterocycles. The zero-order valence-electron chi connectivity index (χ0n) is 8.73. The molecule has 2 aromatic rings. The van der Waals surface area contributed by atoms with Crippen LogP contribution in [0.2, 0.25) is 0 Å². The molecule has 0 saturated heterocycles. The van der Waals surface area contributed by atoms with Gasteiger partial charge in [0, 0.05) is 0 Å². The molecule has 0 bridgehead atoms. The summed E-state index contributed by atoms with van der Waals surface area (Å²) in [6.45, 7) is 2.69. The van der Waals surface area contributed by atoms with E-state index < -0.39 is 0 Å². The second-order valence-electron chi connectivity index (χ2n) is 3.25. The van der Waals surface area contributed by atoms with E-state index >= 15 is 0 Å². The molecule has 0 amide bonds. The quantitative estimate of drug-likeness (QED) is 0.731. The third-order valence-electron chi connectivity index (χ3n) is 2.21. The van der Waals surface area contributed by atoms with Crippen molar-refractivity contribution in [2.75, 3.05) is 6.61 Å². The molecule has 0 aliphatic rings. The second-order valence-corrected chi connectivity index (χ2v) is 3.25. The Kier molecular flexibility index (Phi) is 3.03. The fraction of sp³-hybridized carbons (Fsp3) is 0.143. The topological polar surface area (TPSA) is 9.23 Å². The Morgan fingerprint density at radius 2 is 1.87 bits per heavy atom. The van der Waals surface area contributed by atoms with Gasteiger partial charge in [-0.2, -0.15) is 0 Å². The van der Waals surface area contributed by atoms with Gasteiger partial charge in [-0.15, -0.1) is 0 Å². The van der Waals surface area contributed by atoms with Gasteiger partial charge in [-0.05, 0) is 42.3 Å². The van der Waals surface area contributed by atoms with Crippen molar-refractivity contribution in [2.45, 2.75) is 6.92 Å². The van der Waals surface area contributed by atoms with E-state index in [0.29, 0.717) is 6.61 Å². The van der Waals surface area contributed by atoms with E-state index in [1.165, 1.54) is 11.1 Å². The molecule has 1 nitrogen and oxygen atoms in total. The highest BCUT2D eigenvalue weighted by Gasteiger charge is 1.96. The number of hydrogen-bond acceptors (Lipinski definition) is 1. The van der Waals surface area contributed by atoms with Crippen molar-refractivity contribution in [2.24, 2.45) is 0 Å². The molecule has 0 fully saturated rings. The lowest BCUT2D eigenvalue weighted by Crippen LogP contribution is -1.90. The minimum Gasteiger partial charge on any atom is -0.494 e. The molecule has 0 N–H and O–H groups in total. The fourth-order valence-corrected chi connectivity index (χ4v) is 1.48. The van der Waals surface area contributed by atoms with E-state index in [1.54, 1.807) is 0 Å². The van der Waals surface area contributed by atoms with Crippen LogP contribution < -0.4 is 4.74 Å². The summed E-state index contributed by atoms with van der Waals surface area (Å²) in [5.74, 6) is 0.918. The first-order chi connectivity index (χ1) is 7.40. The van der Waals surface area contributed by atoms with Gasteiger partial charge >= 0.3 is 0 Å². The summed E-state index contributed by atoms with van der Waals surface area (Å²) >= 11 is 0. The van der Waals surface area contributed by atoms with Gasteiger partial charge in [0.2, 0.25) is 0 Å². The highest BCUT2D eigenvalue weighted by atomic mass is 16.5. The van der Waals surface area contributed by atoms with Gasteiger partial charge < -0.3 is 4.74 Å². The molecule has 0 heterocycles. The summed E-state index contributed by atoms with van der Waals surface area (Å²) in [6.07, 6.45) is 0. The fourth-order valence-electron chi connectivity index (χ4n) is 1.48. The van der Waals surface area contributed by atoms with E-state index in [0.717, 1.165) is 5.75 Å². The third-order valence-corrected chi connectivity index (χ3v) is 2.21. The zero-order chi connectivity index (χ0) is 10.5. The monoisotopic (exact) mass is 197 g/mol. The van der Waals surface area contributed by atoms with E-state index in [1.807, 2.05) is 37.3 Å². The Hall–Kier alpha value is -1.76. The van der Waals surface area contributed by atoms with Gasteiger partial charge in [0.1, 0.15) is 5.75 Å². The second kappa shape index (κ2) is 4.65. The lowest BCUT2D eigenvalue weighted by molar-refractivity contribution is 0.340. The summed E-state index contributed by atoms with van der Waals surface area (Å²) in [7, 11) is 0. The lowest BCUT2D eigenvalue weighted by atomic mass is 10.1. The van der Waals surface area contributed by atoms with Crippen molar-refractivity contribution in [3.8, 4) is 16.9 Å². The Morgan fingerprint density at radius 1 is 1.07 bits per heavy atom. The van der Waals surface area contributed by atoms with Crippen LogP contribution in [0.4, 0.5) is 0 Å². The van der Waals surface area contributed by atoms with Crippen molar-refractivity contribution in [3.63, 3.8) is 0 Å². The minimum absolute atomic E-state index is 0.707. The summed E-state index contributed by atoms with van der Waals surface area (Å²) in [6, 6.07) is 19.1. The molecule has 75 valence electrons. The zero-order valence-corrected chi connectivity index (χ0v) is 8.73. The maximum absolute atomic E-state index is 5.39. The molecule has 0 aliphatic carbocycles. The largest absolute Gasteiger partial charge is 0.494 e. The van der Waals surface area contributed by atoms with Crippen LogP contribution in [-0.4, -0.2) is 6.61 Å². The number of ether oxygens (including phenoxy) is 1. The molecular weight excluding hydrogens is 184 g/mol. The summed E-state index contributed by atoms with van der Waals surface area (Å²) in [5, 5.41) is 0. The van der Waals surface area contributed by atoms with Gasteiger partial charge in [0.25, 0.3) is 0 Å². The van der Waals surface area contributed by atoms with Crippen molar-refractivity contribution in [3.05, 3.63) is 54.6 Å². The molecule has 0 saturated carbocycles. The Morgan fingerprint density at radius 3 is 2.47 bits per heavy atom. The molecule has 0 spiro atoms. The first-order valence-electron chi connectivity index (χ1n) is 5.09. The molecule has 2 aromatic carbocycles. The van der Waals surface area contributed by atoms with Crippen molar-refractivity contribution >= 4 is 0 Å². The number of hydrogen-bond donors (Lipinski definition) is 0. The van der Waals surface area contributed by atoms with Gasteiger partial charge in [0.15, 0.2) is 0 Å². The standard InChI is InChI=1S/C14H13O/c1-2-15-14-10-8-13(9-11-14)12-6-4-3-5-7-12/h3-4,6-11H,2H2,1H3. The number of rotatable bonds is 3. The maximum Gasteiger partial charge on any atom is 0.119 e. The highest BCUT2D eigenvalue weighted by molar-refractivity contribution is 5.63. The lowest BCUT2D eigenvalue weighted by Gasteiger charge is -2.04. The van der Waals surface area contributed by atoms with Crippen LogP contribution in [0.15, 0.2) is 48.5 Å². The smallest absolute Gasteiger partial charge is 0.119 e. The van der Waals surface area contributed by atoms with Crippen LogP contribution in [0.1, 0.15) is 6.92 Å². The van der Waals surface area contributed by atoms with Crippen LogP contribution in [0.3, 0.4) is 0 Å². The molecule has 2 rings (SSSR count). The summed E-state index contributed by atoms with van der Waals surface area (Å²) in [5.41, 5.74) is 2.37. The molecule has 0 unspecified atom stereocenters. The van der Waals surface area contributed by atoms with E-state index in [2.05, 4.69) is 24.3 Å². The van der Waals surface area contributed by atoms with Gasteiger partial charge in [0.05, 0.1) is 6.61 Å². The van der Waals surface area contributed by atoms with Crippen LogP contribution in [-0.2, 0) is 0 Å². The first kappa shape index (κ1) is 9.78. The minimum atomic E-state index is 0.707. The van der Waals surface area contributed by atoms with Crippen LogP contribution in [0, 0.1) is 6.07 Å². The molecule has 15 heavy (non-hydrogen) atoms. The molecule has 0 aliphatic heterocycles. The summed E-state index contributed by atoms with van der Waals surface area (Å²) < 4.78 is 5.39. The van der Waals surface area contributed by atoms with E-state index in [9.17, 15) is 0 Å². The predicted octanol–water partition coefficient (Wildman–Crippen LogP) is 3.55. The average molecular weight is 197 g/mol. The van der Waals surface area contributed by atoms with E-state index in [-0.39, 0.29) is 0 Å². The SMILES string of the molecule is CCOc1ccc(-c2c[c]ccc2)cc1. The first-order valence-corrected chi connectivity index (χ1v) is 5.09. The summed E-state index contributed by atoms with van der Waals surface area (Å²) in [4.78, 5) is 0. The van der Waals surface area contributed by atoms with E-state index in [4.69, 9.17) is 4.74 Å². The average Bonchev–Trinajstić information content (AvgIpc) is 2.32. The van der Waals surface area contributed by atoms with Gasteiger partial charge in [-0.25, -0.2) is 0 Å². The third kappa shape index (κ3) is 2.38. The maximum atomic E-state index is 5.39. The Balaban J connectivity index is 2.24. The van der Waals surface area contributed by atoms with Crippen LogP contribution in [0.5, 0.6) is 5.75 Å². The Labute approximate surface area is 90.3 Å². The predicted molar refractivity (Wildman–Crippen MR) is 61.9 cm³/mol. The molecule has 1 radical (unpaired) electrons. The van der Waals surface area contributed by atoms with Crippen molar-refractivity contribution in [1.82, 2.24) is 0 Å². The normalized spacial score (nSPS) is 9.93. The van der Waals surface area contributed by atoms with Crippen LogP contribution in [0.25, 0.3) is 11.1 Å². The van der Waals surface area contributed by atoms with Gasteiger partial charge in [-0.1, -0.05) is 30.3 Å². The Bertz CT molecular complexity index is 403. The highest BCUT2D eigenvalue weighted by Crippen LogP contribution is 2.21. The van der Waals surface area contributed by atoms with Gasteiger partial charge in [-0.3, -0.25) is 0 Å². The van der Waals surface area contributed by atoms with Crippen LogP contribution >= 0.6 is 0 Å². The molecule has 0 atom stereocenters. The van der Waals surface area contributed by atoms with Crippen molar-refractivity contribution in [1.29, 1.82) is 0 Å². The van der Waals surface area contributed by atoms with Crippen molar-refractivity contribution < 1.29 is 4.74 Å².